The second kappa shape index (κ2) is 8.29. The summed E-state index contributed by atoms with van der Waals surface area (Å²) in [7, 11) is 0. The number of carbonyl (C=O) groups excluding carboxylic acids is 1. The van der Waals surface area contributed by atoms with E-state index in [1.54, 1.807) is 11.8 Å². The van der Waals surface area contributed by atoms with Crippen LogP contribution >= 0.6 is 23.1 Å². The van der Waals surface area contributed by atoms with E-state index < -0.39 is 0 Å². The van der Waals surface area contributed by atoms with E-state index in [-0.39, 0.29) is 11.8 Å². The third-order valence-electron chi connectivity index (χ3n) is 3.48. The molecule has 0 aliphatic carbocycles. The molecule has 0 unspecified atom stereocenters. The Morgan fingerprint density at radius 1 is 1.23 bits per heavy atom. The lowest BCUT2D eigenvalue weighted by molar-refractivity contribution is -0.120. The van der Waals surface area contributed by atoms with Crippen LogP contribution in [0.1, 0.15) is 37.8 Å². The van der Waals surface area contributed by atoms with Crippen molar-refractivity contribution in [1.29, 1.82) is 0 Å². The van der Waals surface area contributed by atoms with Crippen molar-refractivity contribution in [3.63, 3.8) is 0 Å². The summed E-state index contributed by atoms with van der Waals surface area (Å²) < 4.78 is 0.875. The monoisotopic (exact) mass is 335 g/mol. The van der Waals surface area contributed by atoms with Crippen molar-refractivity contribution in [1.82, 2.24) is 10.2 Å². The van der Waals surface area contributed by atoms with Gasteiger partial charge in [-0.25, -0.2) is 0 Å². The molecule has 0 radical (unpaired) electrons. The molecule has 1 aromatic heterocycles. The first-order chi connectivity index (χ1) is 10.6. The smallest absolute Gasteiger partial charge is 0.229 e. The fourth-order valence-corrected chi connectivity index (χ4v) is 3.73. The maximum Gasteiger partial charge on any atom is 0.229 e. The van der Waals surface area contributed by atoms with Gasteiger partial charge in [-0.1, -0.05) is 66.8 Å². The standard InChI is InChI=1S/C16H21N3OS2/c1-4-13(5-2)14(20)17-15-18-19-16(22-15)21-10-12-8-6-11(3)7-9-12/h6-9,13H,4-5,10H2,1-3H3,(H,17,18,20). The fraction of sp³-hybridized carbons (Fsp3) is 0.438. The zero-order valence-corrected chi connectivity index (χ0v) is 14.8. The van der Waals surface area contributed by atoms with E-state index in [9.17, 15) is 4.79 Å². The van der Waals surface area contributed by atoms with Gasteiger partial charge in [0.25, 0.3) is 0 Å². The maximum atomic E-state index is 12.0. The van der Waals surface area contributed by atoms with Crippen molar-refractivity contribution < 1.29 is 4.79 Å². The summed E-state index contributed by atoms with van der Waals surface area (Å²) in [5.74, 6) is 0.943. The van der Waals surface area contributed by atoms with Crippen LogP contribution < -0.4 is 5.32 Å². The molecule has 0 spiro atoms. The largest absolute Gasteiger partial charge is 0.300 e. The maximum absolute atomic E-state index is 12.0. The van der Waals surface area contributed by atoms with Crippen LogP contribution in [0.2, 0.25) is 0 Å². The average molecular weight is 335 g/mol. The fourth-order valence-electron chi connectivity index (χ4n) is 2.01. The van der Waals surface area contributed by atoms with E-state index in [1.165, 1.54) is 22.5 Å². The molecule has 0 fully saturated rings. The zero-order valence-electron chi connectivity index (χ0n) is 13.1. The van der Waals surface area contributed by atoms with Crippen LogP contribution in [-0.4, -0.2) is 16.1 Å². The first kappa shape index (κ1) is 17.0. The Balaban J connectivity index is 1.88. The molecule has 22 heavy (non-hydrogen) atoms. The minimum atomic E-state index is 0.0382. The number of anilines is 1. The SMILES string of the molecule is CCC(CC)C(=O)Nc1nnc(SCc2ccc(C)cc2)s1. The van der Waals surface area contributed by atoms with Crippen molar-refractivity contribution in [3.8, 4) is 0 Å². The molecule has 6 heteroatoms. The Morgan fingerprint density at radius 2 is 1.91 bits per heavy atom. The molecule has 118 valence electrons. The highest BCUT2D eigenvalue weighted by Gasteiger charge is 2.16. The van der Waals surface area contributed by atoms with Gasteiger partial charge in [0, 0.05) is 11.7 Å². The third-order valence-corrected chi connectivity index (χ3v) is 5.52. The van der Waals surface area contributed by atoms with Gasteiger partial charge in [-0.3, -0.25) is 4.79 Å². The summed E-state index contributed by atoms with van der Waals surface area (Å²) >= 11 is 3.07. The summed E-state index contributed by atoms with van der Waals surface area (Å²) in [6.45, 7) is 6.13. The van der Waals surface area contributed by atoms with Crippen molar-refractivity contribution in [2.45, 2.75) is 43.7 Å². The average Bonchev–Trinajstić information content (AvgIpc) is 2.95. The molecule has 1 aromatic carbocycles. The van der Waals surface area contributed by atoms with Gasteiger partial charge in [0.15, 0.2) is 4.34 Å². The number of hydrogen-bond acceptors (Lipinski definition) is 5. The summed E-state index contributed by atoms with van der Waals surface area (Å²) in [6, 6.07) is 8.47. The van der Waals surface area contributed by atoms with E-state index in [2.05, 4.69) is 46.7 Å². The molecule has 0 atom stereocenters. The topological polar surface area (TPSA) is 54.9 Å². The van der Waals surface area contributed by atoms with Gasteiger partial charge in [-0.2, -0.15) is 0 Å². The van der Waals surface area contributed by atoms with Crippen LogP contribution in [0.3, 0.4) is 0 Å². The van der Waals surface area contributed by atoms with Crippen molar-refractivity contribution in [2.24, 2.45) is 5.92 Å². The molecule has 1 heterocycles. The predicted molar refractivity (Wildman–Crippen MR) is 93.4 cm³/mol. The molecule has 0 saturated heterocycles. The van der Waals surface area contributed by atoms with Gasteiger partial charge in [0.05, 0.1) is 0 Å². The van der Waals surface area contributed by atoms with E-state index >= 15 is 0 Å². The molecular formula is C16H21N3OS2. The number of rotatable bonds is 7. The highest BCUT2D eigenvalue weighted by atomic mass is 32.2. The number of thioether (sulfide) groups is 1. The highest BCUT2D eigenvalue weighted by molar-refractivity contribution is 8.00. The molecule has 1 N–H and O–H groups in total. The number of aromatic nitrogens is 2. The van der Waals surface area contributed by atoms with Gasteiger partial charge in [0.1, 0.15) is 0 Å². The van der Waals surface area contributed by atoms with E-state index in [0.717, 1.165) is 22.9 Å². The molecular weight excluding hydrogens is 314 g/mol. The Morgan fingerprint density at radius 3 is 2.55 bits per heavy atom. The number of aryl methyl sites for hydroxylation is 1. The van der Waals surface area contributed by atoms with Crippen molar-refractivity contribution in [2.75, 3.05) is 5.32 Å². The van der Waals surface area contributed by atoms with Crippen LogP contribution in [0.5, 0.6) is 0 Å². The number of benzene rings is 1. The molecule has 1 amide bonds. The molecule has 0 saturated carbocycles. The summed E-state index contributed by atoms with van der Waals surface area (Å²) in [5.41, 5.74) is 2.52. The normalized spacial score (nSPS) is 10.9. The molecule has 4 nitrogen and oxygen atoms in total. The Kier molecular flexibility index (Phi) is 6.39. The van der Waals surface area contributed by atoms with Gasteiger partial charge < -0.3 is 5.32 Å². The Hall–Kier alpha value is -1.40. The van der Waals surface area contributed by atoms with E-state index in [4.69, 9.17) is 0 Å². The molecule has 0 aliphatic rings. The lowest BCUT2D eigenvalue weighted by atomic mass is 10.0. The minimum Gasteiger partial charge on any atom is -0.300 e. The lowest BCUT2D eigenvalue weighted by Crippen LogP contribution is -2.21. The van der Waals surface area contributed by atoms with Crippen LogP contribution in [0.25, 0.3) is 0 Å². The molecule has 2 aromatic rings. The molecule has 0 bridgehead atoms. The quantitative estimate of drug-likeness (QED) is 0.597. The third kappa shape index (κ3) is 4.81. The second-order valence-electron chi connectivity index (χ2n) is 5.15. The van der Waals surface area contributed by atoms with E-state index in [1.807, 2.05) is 13.8 Å². The van der Waals surface area contributed by atoms with Crippen LogP contribution in [0.4, 0.5) is 5.13 Å². The Bertz CT molecular complexity index is 606. The van der Waals surface area contributed by atoms with Gasteiger partial charge in [-0.05, 0) is 25.3 Å². The molecule has 2 rings (SSSR count). The number of nitrogens with zero attached hydrogens (tertiary/aromatic N) is 2. The van der Waals surface area contributed by atoms with Gasteiger partial charge in [-0.15, -0.1) is 10.2 Å². The van der Waals surface area contributed by atoms with Gasteiger partial charge >= 0.3 is 0 Å². The first-order valence-electron chi connectivity index (χ1n) is 7.45. The second-order valence-corrected chi connectivity index (χ2v) is 7.35. The van der Waals surface area contributed by atoms with Gasteiger partial charge in [0.2, 0.25) is 11.0 Å². The van der Waals surface area contributed by atoms with Crippen LogP contribution in [-0.2, 0) is 10.5 Å². The number of nitrogens with one attached hydrogen (secondary N) is 1. The summed E-state index contributed by atoms with van der Waals surface area (Å²) in [6.07, 6.45) is 1.69. The van der Waals surface area contributed by atoms with E-state index in [0.29, 0.717) is 5.13 Å². The Labute approximate surface area is 139 Å². The number of amides is 1. The summed E-state index contributed by atoms with van der Waals surface area (Å²) in [4.78, 5) is 12.0. The number of hydrogen-bond donors (Lipinski definition) is 1. The van der Waals surface area contributed by atoms with Crippen molar-refractivity contribution in [3.05, 3.63) is 35.4 Å². The first-order valence-corrected chi connectivity index (χ1v) is 9.25. The zero-order chi connectivity index (χ0) is 15.9. The van der Waals surface area contributed by atoms with Crippen LogP contribution in [0, 0.1) is 12.8 Å². The molecule has 0 aliphatic heterocycles. The van der Waals surface area contributed by atoms with Crippen LogP contribution in [0.15, 0.2) is 28.6 Å². The highest BCUT2D eigenvalue weighted by Crippen LogP contribution is 2.28. The minimum absolute atomic E-state index is 0.0382. The lowest BCUT2D eigenvalue weighted by Gasteiger charge is -2.09. The summed E-state index contributed by atoms with van der Waals surface area (Å²) in [5, 5.41) is 11.6. The predicted octanol–water partition coefficient (Wildman–Crippen LogP) is 4.51. The van der Waals surface area contributed by atoms with Crippen molar-refractivity contribution >= 4 is 34.1 Å². The number of carbonyl (C=O) groups is 1.